The zero-order valence-electron chi connectivity index (χ0n) is 9.86. The van der Waals surface area contributed by atoms with E-state index in [0.29, 0.717) is 12.6 Å². The van der Waals surface area contributed by atoms with Crippen LogP contribution in [0.5, 0.6) is 0 Å². The highest BCUT2D eigenvalue weighted by Crippen LogP contribution is 2.04. The Bertz CT molecular complexity index is 219. The molecule has 1 amide bonds. The zero-order chi connectivity index (χ0) is 11.4. The number of hydrogen-bond acceptors (Lipinski definition) is 4. The molecule has 1 heterocycles. The number of amides is 1. The van der Waals surface area contributed by atoms with Gasteiger partial charge in [0.25, 0.3) is 0 Å². The Kier molecular flexibility index (Phi) is 4.50. The summed E-state index contributed by atoms with van der Waals surface area (Å²) in [7, 11) is 4.20. The summed E-state index contributed by atoms with van der Waals surface area (Å²) < 4.78 is 0. The van der Waals surface area contributed by atoms with Gasteiger partial charge in [0.2, 0.25) is 5.91 Å². The van der Waals surface area contributed by atoms with Gasteiger partial charge >= 0.3 is 0 Å². The number of rotatable bonds is 3. The molecule has 0 aromatic carbocycles. The Morgan fingerprint density at radius 1 is 1.53 bits per heavy atom. The molecule has 0 aliphatic carbocycles. The molecule has 1 fully saturated rings. The van der Waals surface area contributed by atoms with E-state index in [2.05, 4.69) is 29.2 Å². The van der Waals surface area contributed by atoms with E-state index in [1.165, 1.54) is 0 Å². The monoisotopic (exact) mass is 214 g/mol. The summed E-state index contributed by atoms with van der Waals surface area (Å²) in [5.74, 6) is -0.0726. The molecular formula is C10H22N4O. The second kappa shape index (κ2) is 5.44. The minimum absolute atomic E-state index is 0.0726. The lowest BCUT2D eigenvalue weighted by atomic mass is 10.2. The van der Waals surface area contributed by atoms with Crippen molar-refractivity contribution in [3.05, 3.63) is 0 Å². The van der Waals surface area contributed by atoms with Crippen molar-refractivity contribution in [3.63, 3.8) is 0 Å². The third-order valence-electron chi connectivity index (χ3n) is 2.91. The molecule has 2 atom stereocenters. The largest absolute Gasteiger partial charge is 0.353 e. The van der Waals surface area contributed by atoms with Gasteiger partial charge in [-0.05, 0) is 21.0 Å². The molecule has 1 rings (SSSR count). The summed E-state index contributed by atoms with van der Waals surface area (Å²) in [5.41, 5.74) is 5.48. The molecule has 1 saturated heterocycles. The molecule has 3 N–H and O–H groups in total. The average molecular weight is 214 g/mol. The van der Waals surface area contributed by atoms with Crippen molar-refractivity contribution < 1.29 is 4.79 Å². The summed E-state index contributed by atoms with van der Waals surface area (Å²) >= 11 is 0. The maximum Gasteiger partial charge on any atom is 0.236 e. The molecule has 0 bridgehead atoms. The molecule has 15 heavy (non-hydrogen) atoms. The Morgan fingerprint density at radius 2 is 2.20 bits per heavy atom. The van der Waals surface area contributed by atoms with E-state index in [4.69, 9.17) is 5.73 Å². The molecule has 0 saturated carbocycles. The minimum atomic E-state index is -0.420. The van der Waals surface area contributed by atoms with Crippen LogP contribution in [0.25, 0.3) is 0 Å². The third kappa shape index (κ3) is 3.77. The number of carbonyl (C=O) groups excluding carboxylic acids is 1. The summed E-state index contributed by atoms with van der Waals surface area (Å²) in [6.07, 6.45) is 0. The van der Waals surface area contributed by atoms with Crippen LogP contribution in [0.3, 0.4) is 0 Å². The molecule has 0 aromatic heterocycles. The van der Waals surface area contributed by atoms with E-state index in [1.54, 1.807) is 6.92 Å². The fourth-order valence-corrected chi connectivity index (χ4v) is 1.70. The van der Waals surface area contributed by atoms with Gasteiger partial charge in [-0.25, -0.2) is 0 Å². The lowest BCUT2D eigenvalue weighted by Crippen LogP contribution is -2.55. The van der Waals surface area contributed by atoms with Crippen LogP contribution in [0.2, 0.25) is 0 Å². The Morgan fingerprint density at radius 3 is 2.80 bits per heavy atom. The number of hydrogen-bond donors (Lipinski definition) is 2. The Balaban J connectivity index is 2.33. The maximum atomic E-state index is 11.3. The van der Waals surface area contributed by atoms with Crippen LogP contribution in [-0.4, -0.2) is 68.1 Å². The van der Waals surface area contributed by atoms with Gasteiger partial charge in [0.15, 0.2) is 0 Å². The minimum Gasteiger partial charge on any atom is -0.353 e. The van der Waals surface area contributed by atoms with Crippen LogP contribution in [0, 0.1) is 0 Å². The Hall–Kier alpha value is -0.650. The highest BCUT2D eigenvalue weighted by Gasteiger charge is 2.22. The molecule has 88 valence electrons. The topological polar surface area (TPSA) is 61.6 Å². The van der Waals surface area contributed by atoms with Crippen LogP contribution in [0.1, 0.15) is 6.92 Å². The van der Waals surface area contributed by atoms with Crippen molar-refractivity contribution in [1.82, 2.24) is 15.1 Å². The van der Waals surface area contributed by atoms with Gasteiger partial charge in [-0.2, -0.15) is 0 Å². The second-order valence-electron chi connectivity index (χ2n) is 4.43. The number of nitrogens with two attached hydrogens (primary N) is 1. The number of piperazine rings is 1. The van der Waals surface area contributed by atoms with Crippen molar-refractivity contribution in [2.24, 2.45) is 5.73 Å². The molecule has 5 heteroatoms. The van der Waals surface area contributed by atoms with Gasteiger partial charge in [0.1, 0.15) is 0 Å². The highest BCUT2D eigenvalue weighted by atomic mass is 16.2. The van der Waals surface area contributed by atoms with Crippen molar-refractivity contribution in [2.45, 2.75) is 19.0 Å². The van der Waals surface area contributed by atoms with Gasteiger partial charge in [-0.3, -0.25) is 9.69 Å². The third-order valence-corrected chi connectivity index (χ3v) is 2.91. The SMILES string of the molecule is C[C@H](N)C(=O)NCC1CN(C)CCN1C. The summed E-state index contributed by atoms with van der Waals surface area (Å²) in [6.45, 7) is 5.52. The maximum absolute atomic E-state index is 11.3. The first kappa shape index (κ1) is 12.4. The highest BCUT2D eigenvalue weighted by molar-refractivity contribution is 5.80. The van der Waals surface area contributed by atoms with Crippen LogP contribution < -0.4 is 11.1 Å². The van der Waals surface area contributed by atoms with E-state index < -0.39 is 6.04 Å². The van der Waals surface area contributed by atoms with Crippen LogP contribution in [0.15, 0.2) is 0 Å². The van der Waals surface area contributed by atoms with E-state index in [1.807, 2.05) is 0 Å². The van der Waals surface area contributed by atoms with E-state index in [9.17, 15) is 4.79 Å². The van der Waals surface area contributed by atoms with Crippen LogP contribution >= 0.6 is 0 Å². The number of likely N-dealkylation sites (N-methyl/N-ethyl adjacent to an activating group) is 2. The summed E-state index contributed by atoms with van der Waals surface area (Å²) in [5, 5.41) is 2.87. The van der Waals surface area contributed by atoms with Gasteiger partial charge in [0.05, 0.1) is 6.04 Å². The zero-order valence-corrected chi connectivity index (χ0v) is 9.86. The van der Waals surface area contributed by atoms with Crippen molar-refractivity contribution >= 4 is 5.91 Å². The summed E-state index contributed by atoms with van der Waals surface area (Å²) in [4.78, 5) is 15.9. The molecule has 1 unspecified atom stereocenters. The predicted octanol–water partition coefficient (Wildman–Crippen LogP) is -1.30. The number of carbonyl (C=O) groups is 1. The van der Waals surface area contributed by atoms with E-state index in [-0.39, 0.29) is 5.91 Å². The number of nitrogens with one attached hydrogen (secondary N) is 1. The van der Waals surface area contributed by atoms with Gasteiger partial charge < -0.3 is 16.0 Å². The first-order valence-corrected chi connectivity index (χ1v) is 5.42. The average Bonchev–Trinajstić information content (AvgIpc) is 2.18. The first-order chi connectivity index (χ1) is 7.00. The lowest BCUT2D eigenvalue weighted by molar-refractivity contribution is -0.122. The normalized spacial score (nSPS) is 26.3. The molecule has 0 aromatic rings. The molecular weight excluding hydrogens is 192 g/mol. The van der Waals surface area contributed by atoms with Gasteiger partial charge in [0, 0.05) is 32.2 Å². The smallest absolute Gasteiger partial charge is 0.236 e. The van der Waals surface area contributed by atoms with Crippen molar-refractivity contribution in [1.29, 1.82) is 0 Å². The Labute approximate surface area is 91.6 Å². The fraction of sp³-hybridized carbons (Fsp3) is 0.900. The van der Waals surface area contributed by atoms with Crippen LogP contribution in [-0.2, 0) is 4.79 Å². The summed E-state index contributed by atoms with van der Waals surface area (Å²) in [6, 6.07) is -0.0249. The molecule has 0 radical (unpaired) electrons. The van der Waals surface area contributed by atoms with Gasteiger partial charge in [-0.15, -0.1) is 0 Å². The first-order valence-electron chi connectivity index (χ1n) is 5.42. The fourth-order valence-electron chi connectivity index (χ4n) is 1.70. The molecule has 0 spiro atoms. The second-order valence-corrected chi connectivity index (χ2v) is 4.43. The standard InChI is InChI=1S/C10H22N4O/c1-8(11)10(15)12-6-9-7-13(2)4-5-14(9)3/h8-9H,4-7,11H2,1-3H3,(H,12,15)/t8-,9?/m0/s1. The predicted molar refractivity (Wildman–Crippen MR) is 60.6 cm³/mol. The van der Waals surface area contributed by atoms with E-state index >= 15 is 0 Å². The lowest BCUT2D eigenvalue weighted by Gasteiger charge is -2.37. The van der Waals surface area contributed by atoms with Crippen molar-refractivity contribution in [2.75, 3.05) is 40.3 Å². The quantitative estimate of drug-likeness (QED) is 0.613. The molecule has 5 nitrogen and oxygen atoms in total. The number of nitrogens with zero attached hydrogens (tertiary/aromatic N) is 2. The molecule has 1 aliphatic heterocycles. The van der Waals surface area contributed by atoms with E-state index in [0.717, 1.165) is 19.6 Å². The van der Waals surface area contributed by atoms with Crippen LogP contribution in [0.4, 0.5) is 0 Å². The molecule has 1 aliphatic rings. The van der Waals surface area contributed by atoms with Gasteiger partial charge in [-0.1, -0.05) is 0 Å². The van der Waals surface area contributed by atoms with Crippen molar-refractivity contribution in [3.8, 4) is 0 Å².